The zero-order valence-corrected chi connectivity index (χ0v) is 18.7. The second-order valence-corrected chi connectivity index (χ2v) is 8.45. The lowest BCUT2D eigenvalue weighted by Gasteiger charge is -2.09. The van der Waals surface area contributed by atoms with Gasteiger partial charge in [0, 0.05) is 23.4 Å². The van der Waals surface area contributed by atoms with E-state index >= 15 is 0 Å². The molecule has 0 saturated heterocycles. The number of thiazole rings is 1. The van der Waals surface area contributed by atoms with Crippen molar-refractivity contribution in [1.82, 2.24) is 14.8 Å². The minimum Gasteiger partial charge on any atom is -0.493 e. The molecule has 0 radical (unpaired) electrons. The van der Waals surface area contributed by atoms with E-state index in [-0.39, 0.29) is 12.6 Å². The van der Waals surface area contributed by atoms with Crippen LogP contribution in [0.4, 0.5) is 0 Å². The molecule has 0 aliphatic heterocycles. The fourth-order valence-corrected chi connectivity index (χ4v) is 4.92. The van der Waals surface area contributed by atoms with Crippen LogP contribution in [0, 0.1) is 6.92 Å². The third-order valence-corrected chi connectivity index (χ3v) is 6.63. The van der Waals surface area contributed by atoms with Gasteiger partial charge < -0.3 is 14.2 Å². The van der Waals surface area contributed by atoms with E-state index in [2.05, 4.69) is 10.1 Å². The van der Waals surface area contributed by atoms with Crippen molar-refractivity contribution >= 4 is 38.9 Å². The molecular formula is C21H21N3O4S2. The third kappa shape index (κ3) is 3.90. The Morgan fingerprint density at radius 2 is 2.07 bits per heavy atom. The maximum Gasteiger partial charge on any atom is 0.348 e. The van der Waals surface area contributed by atoms with Crippen LogP contribution in [0.2, 0.25) is 0 Å². The first-order valence-corrected chi connectivity index (χ1v) is 11.1. The van der Waals surface area contributed by atoms with Gasteiger partial charge in [0.2, 0.25) is 0 Å². The second kappa shape index (κ2) is 8.45. The monoisotopic (exact) mass is 443 g/mol. The Morgan fingerprint density at radius 1 is 1.23 bits per heavy atom. The Labute approximate surface area is 181 Å². The van der Waals surface area contributed by atoms with Gasteiger partial charge in [-0.1, -0.05) is 0 Å². The molecule has 4 rings (SSSR count). The Kier molecular flexibility index (Phi) is 5.74. The Hall–Kier alpha value is -2.91. The van der Waals surface area contributed by atoms with Gasteiger partial charge >= 0.3 is 5.97 Å². The number of fused-ring (bicyclic) bond motifs is 1. The van der Waals surface area contributed by atoms with E-state index in [4.69, 9.17) is 14.2 Å². The number of thiophene rings is 1. The molecule has 0 aliphatic carbocycles. The SMILES string of the molecule is CCOc1ccc(-c2nc(COC(=O)c3cc4c(C)nn(C)c4s3)cs2)cc1OC. The molecule has 3 heterocycles. The van der Waals surface area contributed by atoms with Crippen LogP contribution in [0.3, 0.4) is 0 Å². The van der Waals surface area contributed by atoms with E-state index in [1.807, 2.05) is 50.5 Å². The maximum atomic E-state index is 12.5. The van der Waals surface area contributed by atoms with Crippen LogP contribution in [-0.2, 0) is 18.4 Å². The van der Waals surface area contributed by atoms with Crippen molar-refractivity contribution in [2.75, 3.05) is 13.7 Å². The van der Waals surface area contributed by atoms with Crippen molar-refractivity contribution in [3.05, 3.63) is 45.9 Å². The molecule has 0 unspecified atom stereocenters. The highest BCUT2D eigenvalue weighted by atomic mass is 32.1. The zero-order chi connectivity index (χ0) is 21.3. The predicted octanol–water partition coefficient (Wildman–Crippen LogP) is 4.83. The molecule has 156 valence electrons. The van der Waals surface area contributed by atoms with Gasteiger partial charge in [0.05, 0.1) is 25.1 Å². The molecule has 30 heavy (non-hydrogen) atoms. The van der Waals surface area contributed by atoms with Crippen LogP contribution < -0.4 is 9.47 Å². The topological polar surface area (TPSA) is 75.5 Å². The van der Waals surface area contributed by atoms with E-state index in [1.165, 1.54) is 22.7 Å². The van der Waals surface area contributed by atoms with Crippen LogP contribution in [0.25, 0.3) is 20.8 Å². The molecule has 0 fully saturated rings. The number of carbonyl (C=O) groups excluding carboxylic acids is 1. The Morgan fingerprint density at radius 3 is 2.80 bits per heavy atom. The molecule has 0 bridgehead atoms. The van der Waals surface area contributed by atoms with Crippen molar-refractivity contribution < 1.29 is 19.0 Å². The highest BCUT2D eigenvalue weighted by molar-refractivity contribution is 7.20. The van der Waals surface area contributed by atoms with Crippen molar-refractivity contribution in [2.45, 2.75) is 20.5 Å². The third-order valence-electron chi connectivity index (χ3n) is 4.51. The van der Waals surface area contributed by atoms with E-state index in [9.17, 15) is 4.79 Å². The van der Waals surface area contributed by atoms with Crippen molar-refractivity contribution in [1.29, 1.82) is 0 Å². The maximum absolute atomic E-state index is 12.5. The van der Waals surface area contributed by atoms with Gasteiger partial charge in [-0.3, -0.25) is 4.68 Å². The summed E-state index contributed by atoms with van der Waals surface area (Å²) in [6, 6.07) is 7.54. The first-order valence-electron chi connectivity index (χ1n) is 9.36. The second-order valence-electron chi connectivity index (χ2n) is 6.56. The average Bonchev–Trinajstić information content (AvgIpc) is 3.45. The molecule has 0 aliphatic rings. The standard InChI is InChI=1S/C21H21N3O4S2/c1-5-27-16-7-6-13(8-17(16)26-4)19-22-14(11-29-19)10-28-21(25)18-9-15-12(2)23-24(3)20(15)30-18/h6-9,11H,5,10H2,1-4H3. The van der Waals surface area contributed by atoms with E-state index in [0.717, 1.165) is 26.5 Å². The minimum absolute atomic E-state index is 0.120. The smallest absolute Gasteiger partial charge is 0.348 e. The van der Waals surface area contributed by atoms with Crippen LogP contribution >= 0.6 is 22.7 Å². The number of aryl methyl sites for hydroxylation is 2. The summed E-state index contributed by atoms with van der Waals surface area (Å²) >= 11 is 2.87. The van der Waals surface area contributed by atoms with E-state index < -0.39 is 0 Å². The lowest BCUT2D eigenvalue weighted by Crippen LogP contribution is -2.03. The first kappa shape index (κ1) is 20.4. The first-order chi connectivity index (χ1) is 14.5. The number of hydrogen-bond acceptors (Lipinski definition) is 8. The summed E-state index contributed by atoms with van der Waals surface area (Å²) in [5, 5.41) is 8.05. The number of aromatic nitrogens is 3. The molecule has 9 heteroatoms. The molecular weight excluding hydrogens is 422 g/mol. The number of ether oxygens (including phenoxy) is 3. The van der Waals surface area contributed by atoms with Gasteiger partial charge in [-0.15, -0.1) is 22.7 Å². The molecule has 1 aromatic carbocycles. The van der Waals surface area contributed by atoms with Gasteiger partial charge in [0.15, 0.2) is 11.5 Å². The summed E-state index contributed by atoms with van der Waals surface area (Å²) in [7, 11) is 3.48. The number of nitrogens with zero attached hydrogens (tertiary/aromatic N) is 3. The largest absolute Gasteiger partial charge is 0.493 e. The van der Waals surface area contributed by atoms with Gasteiger partial charge in [-0.05, 0) is 38.1 Å². The lowest BCUT2D eigenvalue weighted by molar-refractivity contribution is 0.0474. The summed E-state index contributed by atoms with van der Waals surface area (Å²) in [5.41, 5.74) is 2.53. The average molecular weight is 444 g/mol. The quantitative estimate of drug-likeness (QED) is 0.381. The molecule has 0 N–H and O–H groups in total. The summed E-state index contributed by atoms with van der Waals surface area (Å²) in [6.07, 6.45) is 0. The number of esters is 1. The van der Waals surface area contributed by atoms with Gasteiger partial charge in [-0.2, -0.15) is 5.10 Å². The van der Waals surface area contributed by atoms with Crippen molar-refractivity contribution in [3.8, 4) is 22.1 Å². The molecule has 7 nitrogen and oxygen atoms in total. The van der Waals surface area contributed by atoms with Crippen molar-refractivity contribution in [2.24, 2.45) is 7.05 Å². The molecule has 0 spiro atoms. The number of benzene rings is 1. The van der Waals surface area contributed by atoms with Crippen molar-refractivity contribution in [3.63, 3.8) is 0 Å². The van der Waals surface area contributed by atoms with Crippen LogP contribution in [0.15, 0.2) is 29.6 Å². The highest BCUT2D eigenvalue weighted by Gasteiger charge is 2.17. The fourth-order valence-electron chi connectivity index (χ4n) is 3.10. The van der Waals surface area contributed by atoms with Gasteiger partial charge in [0.25, 0.3) is 0 Å². The summed E-state index contributed by atoms with van der Waals surface area (Å²) in [6.45, 7) is 4.54. The van der Waals surface area contributed by atoms with Crippen LogP contribution in [-0.4, -0.2) is 34.5 Å². The fraction of sp³-hybridized carbons (Fsp3) is 0.286. The summed E-state index contributed by atoms with van der Waals surface area (Å²) in [4.78, 5) is 18.6. The van der Waals surface area contributed by atoms with E-state index in [0.29, 0.717) is 28.7 Å². The van der Waals surface area contributed by atoms with Gasteiger partial charge in [0.1, 0.15) is 21.3 Å². The molecule has 0 atom stereocenters. The Bertz CT molecular complexity index is 1170. The summed E-state index contributed by atoms with van der Waals surface area (Å²) in [5.74, 6) is 1.00. The number of methoxy groups -OCH3 is 1. The minimum atomic E-state index is -0.354. The van der Waals surface area contributed by atoms with Crippen LogP contribution in [0.1, 0.15) is 28.0 Å². The number of rotatable bonds is 7. The highest BCUT2D eigenvalue weighted by Crippen LogP contribution is 2.34. The Balaban J connectivity index is 1.45. The molecule has 3 aromatic heterocycles. The predicted molar refractivity (Wildman–Crippen MR) is 118 cm³/mol. The molecule has 0 amide bonds. The number of hydrogen-bond donors (Lipinski definition) is 0. The molecule has 0 saturated carbocycles. The number of carbonyl (C=O) groups is 1. The zero-order valence-electron chi connectivity index (χ0n) is 17.1. The lowest BCUT2D eigenvalue weighted by atomic mass is 10.2. The molecule has 4 aromatic rings. The summed E-state index contributed by atoms with van der Waals surface area (Å²) < 4.78 is 18.2. The van der Waals surface area contributed by atoms with Crippen LogP contribution in [0.5, 0.6) is 11.5 Å². The van der Waals surface area contributed by atoms with Gasteiger partial charge in [-0.25, -0.2) is 9.78 Å². The normalized spacial score (nSPS) is 11.1. The van der Waals surface area contributed by atoms with E-state index in [1.54, 1.807) is 11.8 Å².